The zero-order valence-corrected chi connectivity index (χ0v) is 17.5. The van der Waals surface area contributed by atoms with E-state index in [0.717, 1.165) is 28.6 Å². The minimum Gasteiger partial charge on any atom is -0.469 e. The molecule has 0 bridgehead atoms. The van der Waals surface area contributed by atoms with Gasteiger partial charge in [-0.3, -0.25) is 4.79 Å². The van der Waals surface area contributed by atoms with Crippen molar-refractivity contribution in [3.05, 3.63) is 89.5 Å². The summed E-state index contributed by atoms with van der Waals surface area (Å²) in [5, 5.41) is 3.74. The van der Waals surface area contributed by atoms with Gasteiger partial charge in [-0.2, -0.15) is 13.2 Å². The molecule has 0 aliphatic heterocycles. The van der Waals surface area contributed by atoms with E-state index in [4.69, 9.17) is 4.42 Å². The van der Waals surface area contributed by atoms with Crippen LogP contribution in [0.3, 0.4) is 0 Å². The molecule has 0 atom stereocenters. The summed E-state index contributed by atoms with van der Waals surface area (Å²) in [6.45, 7) is 6.09. The number of nitrogens with zero attached hydrogens (tertiary/aromatic N) is 1. The molecule has 0 unspecified atom stereocenters. The van der Waals surface area contributed by atoms with Crippen molar-refractivity contribution in [2.75, 3.05) is 5.32 Å². The van der Waals surface area contributed by atoms with Crippen LogP contribution in [0, 0.1) is 6.92 Å². The van der Waals surface area contributed by atoms with Gasteiger partial charge < -0.3 is 14.3 Å². The first-order chi connectivity index (χ1) is 14.8. The highest BCUT2D eigenvalue weighted by Gasteiger charge is 2.29. The first-order valence-electron chi connectivity index (χ1n) is 9.92. The predicted octanol–water partition coefficient (Wildman–Crippen LogP) is 6.89. The molecule has 2 aromatic heterocycles. The quantitative estimate of drug-likeness (QED) is 0.385. The fourth-order valence-electron chi connectivity index (χ4n) is 3.28. The summed E-state index contributed by atoms with van der Waals surface area (Å²) in [6.07, 6.45) is -1.12. The molecule has 2 heterocycles. The molecule has 1 amide bonds. The van der Waals surface area contributed by atoms with Crippen LogP contribution in [0.15, 0.2) is 71.5 Å². The number of fused-ring (bicyclic) bond motifs is 1. The van der Waals surface area contributed by atoms with Gasteiger partial charge in [-0.1, -0.05) is 44.2 Å². The van der Waals surface area contributed by atoms with Gasteiger partial charge >= 0.3 is 6.18 Å². The van der Waals surface area contributed by atoms with Gasteiger partial charge in [0.15, 0.2) is 0 Å². The van der Waals surface area contributed by atoms with E-state index in [9.17, 15) is 18.0 Å². The highest BCUT2D eigenvalue weighted by Crippen LogP contribution is 2.30. The van der Waals surface area contributed by atoms with E-state index in [1.54, 1.807) is 19.2 Å². The number of halogens is 3. The number of para-hydroxylation sites is 1. The Bertz CT molecular complexity index is 1170. The van der Waals surface area contributed by atoms with E-state index in [-0.39, 0.29) is 5.91 Å². The number of aryl methyl sites for hydroxylation is 1. The molecule has 0 aliphatic rings. The van der Waals surface area contributed by atoms with Crippen LogP contribution in [0.2, 0.25) is 0 Å². The van der Waals surface area contributed by atoms with Gasteiger partial charge in [-0.15, -0.1) is 0 Å². The number of rotatable bonds is 4. The van der Waals surface area contributed by atoms with Crippen molar-refractivity contribution >= 4 is 22.5 Å². The Balaban J connectivity index is 0.00000132. The van der Waals surface area contributed by atoms with Gasteiger partial charge in [0.05, 0.1) is 28.6 Å². The van der Waals surface area contributed by atoms with Crippen LogP contribution in [0.1, 0.15) is 41.1 Å². The average molecular weight is 428 g/mol. The minimum atomic E-state index is -4.36. The lowest BCUT2D eigenvalue weighted by Crippen LogP contribution is -2.11. The van der Waals surface area contributed by atoms with Crippen molar-refractivity contribution in [3.8, 4) is 0 Å². The van der Waals surface area contributed by atoms with E-state index in [1.165, 1.54) is 18.4 Å². The second-order valence-corrected chi connectivity index (χ2v) is 6.73. The standard InChI is InChI=1S/C22H17F3N2O2.C2H6/c1-14-17(10-11-29-14)21(28)26-19-13-27(20-5-3-2-4-18(19)20)12-15-6-8-16(9-7-15)22(23,24)25;1-2/h2-11,13H,12H2,1H3,(H,26,28);1-2H3. The average Bonchev–Trinajstić information content (AvgIpc) is 3.33. The molecule has 0 aliphatic carbocycles. The van der Waals surface area contributed by atoms with Crippen LogP contribution < -0.4 is 5.32 Å². The molecule has 31 heavy (non-hydrogen) atoms. The first-order valence-corrected chi connectivity index (χ1v) is 9.92. The number of benzene rings is 2. The van der Waals surface area contributed by atoms with Crippen LogP contribution in [0.5, 0.6) is 0 Å². The summed E-state index contributed by atoms with van der Waals surface area (Å²) in [5.74, 6) is 0.240. The maximum Gasteiger partial charge on any atom is 0.416 e. The Morgan fingerprint density at radius 3 is 2.32 bits per heavy atom. The van der Waals surface area contributed by atoms with Crippen LogP contribution >= 0.6 is 0 Å². The maximum atomic E-state index is 12.8. The second kappa shape index (κ2) is 9.12. The van der Waals surface area contributed by atoms with Crippen LogP contribution in [-0.4, -0.2) is 10.5 Å². The Hall–Kier alpha value is -3.48. The van der Waals surface area contributed by atoms with E-state index in [0.29, 0.717) is 23.6 Å². The Labute approximate surface area is 178 Å². The molecule has 0 saturated heterocycles. The number of carbonyl (C=O) groups excluding carboxylic acids is 1. The molecule has 0 fully saturated rings. The van der Waals surface area contributed by atoms with E-state index < -0.39 is 11.7 Å². The van der Waals surface area contributed by atoms with Crippen molar-refractivity contribution in [1.82, 2.24) is 4.57 Å². The fraction of sp³-hybridized carbons (Fsp3) is 0.208. The van der Waals surface area contributed by atoms with Gasteiger partial charge in [-0.05, 0) is 36.8 Å². The summed E-state index contributed by atoms with van der Waals surface area (Å²) in [5.41, 5.74) is 1.98. The van der Waals surface area contributed by atoms with Crippen LogP contribution in [0.4, 0.5) is 18.9 Å². The van der Waals surface area contributed by atoms with Gasteiger partial charge in [0.25, 0.3) is 5.91 Å². The fourth-order valence-corrected chi connectivity index (χ4v) is 3.28. The first kappa shape index (κ1) is 22.2. The molecular weight excluding hydrogens is 405 g/mol. The SMILES string of the molecule is CC.Cc1occc1C(=O)Nc1cn(Cc2ccc(C(F)(F)F)cc2)c2ccccc12. The van der Waals surface area contributed by atoms with Crippen LogP contribution in [-0.2, 0) is 12.7 Å². The molecule has 4 nitrogen and oxygen atoms in total. The third-order valence-electron chi connectivity index (χ3n) is 4.77. The molecule has 4 rings (SSSR count). The third kappa shape index (κ3) is 4.82. The molecule has 0 spiro atoms. The topological polar surface area (TPSA) is 47.2 Å². The number of anilines is 1. The number of alkyl halides is 3. The van der Waals surface area contributed by atoms with Crippen molar-refractivity contribution in [3.63, 3.8) is 0 Å². The number of nitrogens with one attached hydrogen (secondary N) is 1. The molecule has 0 radical (unpaired) electrons. The number of hydrogen-bond donors (Lipinski definition) is 1. The number of hydrogen-bond acceptors (Lipinski definition) is 2. The number of furan rings is 1. The van der Waals surface area contributed by atoms with Gasteiger partial charge in [0, 0.05) is 18.1 Å². The molecule has 4 aromatic rings. The zero-order chi connectivity index (χ0) is 22.6. The number of carbonyl (C=O) groups is 1. The third-order valence-corrected chi connectivity index (χ3v) is 4.77. The second-order valence-electron chi connectivity index (χ2n) is 6.73. The predicted molar refractivity (Wildman–Crippen MR) is 115 cm³/mol. The van der Waals surface area contributed by atoms with E-state index >= 15 is 0 Å². The highest BCUT2D eigenvalue weighted by molar-refractivity contribution is 6.09. The Kier molecular flexibility index (Phi) is 6.53. The molecular formula is C24H23F3N2O2. The molecule has 0 saturated carbocycles. The summed E-state index contributed by atoms with van der Waals surface area (Å²) in [6, 6.07) is 14.2. The van der Waals surface area contributed by atoms with E-state index in [2.05, 4.69) is 5.32 Å². The normalized spacial score (nSPS) is 11.2. The number of aromatic nitrogens is 1. The van der Waals surface area contributed by atoms with Crippen molar-refractivity contribution < 1.29 is 22.4 Å². The Morgan fingerprint density at radius 2 is 1.71 bits per heavy atom. The smallest absolute Gasteiger partial charge is 0.416 e. The lowest BCUT2D eigenvalue weighted by atomic mass is 10.1. The van der Waals surface area contributed by atoms with Gasteiger partial charge in [0.1, 0.15) is 5.76 Å². The van der Waals surface area contributed by atoms with E-state index in [1.807, 2.05) is 42.7 Å². The van der Waals surface area contributed by atoms with Crippen molar-refractivity contribution in [2.45, 2.75) is 33.5 Å². The lowest BCUT2D eigenvalue weighted by molar-refractivity contribution is -0.137. The van der Waals surface area contributed by atoms with Gasteiger partial charge in [0.2, 0.25) is 0 Å². The minimum absolute atomic E-state index is 0.284. The van der Waals surface area contributed by atoms with Crippen LogP contribution in [0.25, 0.3) is 10.9 Å². The maximum absolute atomic E-state index is 12.8. The summed E-state index contributed by atoms with van der Waals surface area (Å²) >= 11 is 0. The van der Waals surface area contributed by atoms with Crippen molar-refractivity contribution in [2.24, 2.45) is 0 Å². The summed E-state index contributed by atoms with van der Waals surface area (Å²) in [7, 11) is 0. The zero-order valence-electron chi connectivity index (χ0n) is 17.5. The summed E-state index contributed by atoms with van der Waals surface area (Å²) in [4.78, 5) is 12.6. The molecule has 2 aromatic carbocycles. The lowest BCUT2D eigenvalue weighted by Gasteiger charge is -2.09. The molecule has 162 valence electrons. The van der Waals surface area contributed by atoms with Gasteiger partial charge in [-0.25, -0.2) is 0 Å². The largest absolute Gasteiger partial charge is 0.469 e. The molecule has 1 N–H and O–H groups in total. The summed E-state index contributed by atoms with van der Waals surface area (Å²) < 4.78 is 45.4. The highest BCUT2D eigenvalue weighted by atomic mass is 19.4. The Morgan fingerprint density at radius 1 is 1.03 bits per heavy atom. The molecule has 7 heteroatoms. The van der Waals surface area contributed by atoms with Crippen molar-refractivity contribution in [1.29, 1.82) is 0 Å². The monoisotopic (exact) mass is 428 g/mol. The number of amides is 1.